The summed E-state index contributed by atoms with van der Waals surface area (Å²) in [7, 11) is 0. The molecule has 0 amide bonds. The number of ether oxygens (including phenoxy) is 2. The Morgan fingerprint density at radius 3 is 2.24 bits per heavy atom. The highest BCUT2D eigenvalue weighted by Gasteiger charge is 2.32. The number of carbonyl (C=O) groups is 1. The van der Waals surface area contributed by atoms with Gasteiger partial charge in [0.05, 0.1) is 5.02 Å². The molecule has 0 bridgehead atoms. The summed E-state index contributed by atoms with van der Waals surface area (Å²) in [5.74, 6) is 0.294. The van der Waals surface area contributed by atoms with Crippen molar-refractivity contribution in [2.75, 3.05) is 0 Å². The van der Waals surface area contributed by atoms with Crippen molar-refractivity contribution in [2.24, 2.45) is 0 Å². The Kier molecular flexibility index (Phi) is 4.76. The molecule has 2 rings (SSSR count). The van der Waals surface area contributed by atoms with Gasteiger partial charge in [-0.15, -0.1) is 0 Å². The normalized spacial score (nSPS) is 11.0. The Labute approximate surface area is 133 Å². The molecule has 0 spiro atoms. The Morgan fingerprint density at radius 1 is 1.00 bits per heavy atom. The fraction of sp³-hybridized carbons (Fsp3) is 0.188. The van der Waals surface area contributed by atoms with Gasteiger partial charge in [0, 0.05) is 5.02 Å². The van der Waals surface area contributed by atoms with E-state index in [9.17, 15) is 4.79 Å². The standard InChI is InChI=1S/C16H14Cl2O3/c1-16(2,21-12-9-7-11(17)8-10-12)15(19)20-14-6-4-3-5-13(14)18/h3-10H,1-2H3. The first-order valence-electron chi connectivity index (χ1n) is 6.30. The van der Waals surface area contributed by atoms with Gasteiger partial charge in [0.1, 0.15) is 11.5 Å². The largest absolute Gasteiger partial charge is 0.476 e. The number of benzene rings is 2. The van der Waals surface area contributed by atoms with Crippen LogP contribution in [0.15, 0.2) is 48.5 Å². The molecule has 0 N–H and O–H groups in total. The van der Waals surface area contributed by atoms with Gasteiger partial charge in [-0.05, 0) is 50.2 Å². The van der Waals surface area contributed by atoms with Gasteiger partial charge in [0.25, 0.3) is 0 Å². The molecule has 21 heavy (non-hydrogen) atoms. The average molecular weight is 325 g/mol. The minimum absolute atomic E-state index is 0.303. The monoisotopic (exact) mass is 324 g/mol. The van der Waals surface area contributed by atoms with E-state index < -0.39 is 11.6 Å². The molecule has 0 aliphatic heterocycles. The van der Waals surface area contributed by atoms with Crippen LogP contribution >= 0.6 is 23.2 Å². The van der Waals surface area contributed by atoms with Crippen LogP contribution < -0.4 is 9.47 Å². The molecule has 0 radical (unpaired) electrons. The zero-order chi connectivity index (χ0) is 15.5. The van der Waals surface area contributed by atoms with Gasteiger partial charge in [-0.3, -0.25) is 0 Å². The van der Waals surface area contributed by atoms with E-state index in [1.165, 1.54) is 0 Å². The third kappa shape index (κ3) is 4.13. The maximum absolute atomic E-state index is 12.2. The lowest BCUT2D eigenvalue weighted by molar-refractivity contribution is -0.149. The first kappa shape index (κ1) is 15.7. The zero-order valence-electron chi connectivity index (χ0n) is 11.6. The molecule has 0 aliphatic rings. The zero-order valence-corrected chi connectivity index (χ0v) is 13.1. The van der Waals surface area contributed by atoms with E-state index in [-0.39, 0.29) is 0 Å². The molecule has 0 fully saturated rings. The highest BCUT2D eigenvalue weighted by molar-refractivity contribution is 6.32. The Balaban J connectivity index is 2.10. The van der Waals surface area contributed by atoms with Crippen molar-refractivity contribution in [1.82, 2.24) is 0 Å². The highest BCUT2D eigenvalue weighted by Crippen LogP contribution is 2.26. The van der Waals surface area contributed by atoms with E-state index in [0.29, 0.717) is 21.5 Å². The Hall–Kier alpha value is -1.71. The van der Waals surface area contributed by atoms with Gasteiger partial charge in [0.15, 0.2) is 0 Å². The summed E-state index contributed by atoms with van der Waals surface area (Å²) in [5, 5.41) is 0.965. The number of para-hydroxylation sites is 1. The van der Waals surface area contributed by atoms with Gasteiger partial charge in [-0.25, -0.2) is 4.79 Å². The minimum atomic E-state index is -1.16. The number of halogens is 2. The molecule has 0 aromatic heterocycles. The van der Waals surface area contributed by atoms with Gasteiger partial charge in [-0.1, -0.05) is 35.3 Å². The number of hydrogen-bond acceptors (Lipinski definition) is 3. The highest BCUT2D eigenvalue weighted by atomic mass is 35.5. The average Bonchev–Trinajstić information content (AvgIpc) is 2.43. The molecule has 0 atom stereocenters. The van der Waals surface area contributed by atoms with Crippen molar-refractivity contribution in [3.05, 3.63) is 58.6 Å². The van der Waals surface area contributed by atoms with Crippen LogP contribution in [-0.4, -0.2) is 11.6 Å². The van der Waals surface area contributed by atoms with Gasteiger partial charge in [-0.2, -0.15) is 0 Å². The predicted octanol–water partition coefficient (Wildman–Crippen LogP) is 4.76. The number of hydrogen-bond donors (Lipinski definition) is 0. The lowest BCUT2D eigenvalue weighted by Gasteiger charge is -2.24. The molecule has 0 unspecified atom stereocenters. The van der Waals surface area contributed by atoms with Crippen molar-refractivity contribution < 1.29 is 14.3 Å². The van der Waals surface area contributed by atoms with Crippen LogP contribution in [0.4, 0.5) is 0 Å². The van der Waals surface area contributed by atoms with E-state index in [1.54, 1.807) is 62.4 Å². The molecule has 2 aromatic rings. The third-order valence-corrected chi connectivity index (χ3v) is 3.28. The van der Waals surface area contributed by atoms with Gasteiger partial charge < -0.3 is 9.47 Å². The van der Waals surface area contributed by atoms with Crippen molar-refractivity contribution in [1.29, 1.82) is 0 Å². The van der Waals surface area contributed by atoms with E-state index >= 15 is 0 Å². The summed E-state index contributed by atoms with van der Waals surface area (Å²) >= 11 is 11.8. The van der Waals surface area contributed by atoms with E-state index in [4.69, 9.17) is 32.7 Å². The van der Waals surface area contributed by atoms with Crippen molar-refractivity contribution in [3.8, 4) is 11.5 Å². The summed E-state index contributed by atoms with van der Waals surface area (Å²) in [6, 6.07) is 13.5. The second-order valence-corrected chi connectivity index (χ2v) is 5.73. The molecule has 2 aromatic carbocycles. The fourth-order valence-electron chi connectivity index (χ4n) is 1.59. The summed E-state index contributed by atoms with van der Waals surface area (Å²) in [6.45, 7) is 3.25. The summed E-state index contributed by atoms with van der Waals surface area (Å²) < 4.78 is 10.9. The Bertz CT molecular complexity index is 636. The SMILES string of the molecule is CC(C)(Oc1ccc(Cl)cc1)C(=O)Oc1ccccc1Cl. The second-order valence-electron chi connectivity index (χ2n) is 4.89. The molecule has 110 valence electrons. The molecule has 3 nitrogen and oxygen atoms in total. The van der Waals surface area contributed by atoms with Crippen LogP contribution in [0, 0.1) is 0 Å². The third-order valence-electron chi connectivity index (χ3n) is 2.72. The summed E-state index contributed by atoms with van der Waals surface area (Å²) in [4.78, 5) is 12.2. The van der Waals surface area contributed by atoms with Crippen LogP contribution in [0.1, 0.15) is 13.8 Å². The lowest BCUT2D eigenvalue weighted by Crippen LogP contribution is -2.41. The molecule has 0 saturated carbocycles. The molecule has 0 heterocycles. The van der Waals surface area contributed by atoms with Gasteiger partial charge in [0.2, 0.25) is 5.60 Å². The number of rotatable bonds is 4. The Morgan fingerprint density at radius 2 is 1.62 bits per heavy atom. The predicted molar refractivity (Wildman–Crippen MR) is 83.2 cm³/mol. The van der Waals surface area contributed by atoms with Crippen molar-refractivity contribution in [2.45, 2.75) is 19.4 Å². The fourth-order valence-corrected chi connectivity index (χ4v) is 1.89. The number of carbonyl (C=O) groups excluding carboxylic acids is 1. The maximum atomic E-state index is 12.2. The van der Waals surface area contributed by atoms with Crippen molar-refractivity contribution >= 4 is 29.2 Å². The second kappa shape index (κ2) is 6.37. The summed E-state index contributed by atoms with van der Waals surface area (Å²) in [5.41, 5.74) is -1.16. The van der Waals surface area contributed by atoms with Crippen LogP contribution in [0.2, 0.25) is 10.0 Å². The molecular weight excluding hydrogens is 311 g/mol. The first-order valence-corrected chi connectivity index (χ1v) is 7.05. The van der Waals surface area contributed by atoms with E-state index in [0.717, 1.165) is 0 Å². The van der Waals surface area contributed by atoms with Crippen LogP contribution in [0.25, 0.3) is 0 Å². The molecule has 0 saturated heterocycles. The van der Waals surface area contributed by atoms with Crippen molar-refractivity contribution in [3.63, 3.8) is 0 Å². The molecule has 0 aliphatic carbocycles. The smallest absolute Gasteiger partial charge is 0.355 e. The van der Waals surface area contributed by atoms with Gasteiger partial charge >= 0.3 is 5.97 Å². The van der Waals surface area contributed by atoms with Crippen LogP contribution in [0.5, 0.6) is 11.5 Å². The molecule has 5 heteroatoms. The maximum Gasteiger partial charge on any atom is 0.355 e. The van der Waals surface area contributed by atoms with E-state index in [2.05, 4.69) is 0 Å². The molecular formula is C16H14Cl2O3. The van der Waals surface area contributed by atoms with Crippen LogP contribution in [-0.2, 0) is 4.79 Å². The number of esters is 1. The lowest BCUT2D eigenvalue weighted by atomic mass is 10.1. The summed E-state index contributed by atoms with van der Waals surface area (Å²) in [6.07, 6.45) is 0. The first-order chi connectivity index (χ1) is 9.88. The minimum Gasteiger partial charge on any atom is -0.476 e. The van der Waals surface area contributed by atoms with E-state index in [1.807, 2.05) is 0 Å². The van der Waals surface area contributed by atoms with Crippen LogP contribution in [0.3, 0.4) is 0 Å². The quantitative estimate of drug-likeness (QED) is 0.601. The topological polar surface area (TPSA) is 35.5 Å².